The van der Waals surface area contributed by atoms with Gasteiger partial charge in [-0.05, 0) is 38.1 Å². The maximum atomic E-state index is 12.3. The van der Waals surface area contributed by atoms with Gasteiger partial charge in [0.1, 0.15) is 11.3 Å². The smallest absolute Gasteiger partial charge is 0.375 e. The molecule has 0 fully saturated rings. The Morgan fingerprint density at radius 2 is 1.85 bits per heavy atom. The third kappa shape index (κ3) is 3.85. The molecule has 26 heavy (non-hydrogen) atoms. The molecule has 0 saturated heterocycles. The molecule has 1 atom stereocenters. The van der Waals surface area contributed by atoms with Gasteiger partial charge in [-0.1, -0.05) is 30.3 Å². The van der Waals surface area contributed by atoms with Crippen LogP contribution in [0.2, 0.25) is 0 Å². The van der Waals surface area contributed by atoms with Crippen molar-refractivity contribution in [2.75, 3.05) is 11.9 Å². The minimum Gasteiger partial charge on any atom is -0.492 e. The van der Waals surface area contributed by atoms with Gasteiger partial charge in [0.15, 0.2) is 6.10 Å². The summed E-state index contributed by atoms with van der Waals surface area (Å²) in [6.07, 6.45) is -0.995. The van der Waals surface area contributed by atoms with E-state index in [0.29, 0.717) is 23.6 Å². The Balaban J connectivity index is 1.66. The van der Waals surface area contributed by atoms with Crippen LogP contribution >= 0.6 is 0 Å². The van der Waals surface area contributed by atoms with Crippen molar-refractivity contribution < 1.29 is 23.5 Å². The van der Waals surface area contributed by atoms with E-state index in [1.165, 1.54) is 6.92 Å². The van der Waals surface area contributed by atoms with Gasteiger partial charge >= 0.3 is 5.97 Å². The van der Waals surface area contributed by atoms with Crippen molar-refractivity contribution in [1.82, 2.24) is 0 Å². The van der Waals surface area contributed by atoms with Crippen LogP contribution in [0.15, 0.2) is 59.0 Å². The van der Waals surface area contributed by atoms with Crippen LogP contribution in [0.25, 0.3) is 11.0 Å². The molecule has 0 radical (unpaired) electrons. The molecule has 1 amide bonds. The first-order chi connectivity index (χ1) is 12.6. The summed E-state index contributed by atoms with van der Waals surface area (Å²) < 4.78 is 16.1. The van der Waals surface area contributed by atoms with E-state index in [-0.39, 0.29) is 5.76 Å². The van der Waals surface area contributed by atoms with Gasteiger partial charge in [-0.15, -0.1) is 0 Å². The van der Waals surface area contributed by atoms with Gasteiger partial charge in [-0.2, -0.15) is 0 Å². The lowest BCUT2D eigenvalue weighted by Gasteiger charge is -2.15. The normalized spacial score (nSPS) is 11.8. The Morgan fingerprint density at radius 3 is 2.62 bits per heavy atom. The van der Waals surface area contributed by atoms with Gasteiger partial charge < -0.3 is 19.2 Å². The zero-order chi connectivity index (χ0) is 18.5. The van der Waals surface area contributed by atoms with Gasteiger partial charge in [-0.3, -0.25) is 4.79 Å². The molecule has 1 unspecified atom stereocenters. The van der Waals surface area contributed by atoms with Crippen molar-refractivity contribution in [3.63, 3.8) is 0 Å². The number of hydrogen-bond acceptors (Lipinski definition) is 5. The van der Waals surface area contributed by atoms with E-state index < -0.39 is 18.0 Å². The number of hydrogen-bond donors (Lipinski definition) is 1. The number of carbonyl (C=O) groups is 2. The zero-order valence-electron chi connectivity index (χ0n) is 14.5. The first-order valence-corrected chi connectivity index (χ1v) is 8.30. The summed E-state index contributed by atoms with van der Waals surface area (Å²) in [6, 6.07) is 15.9. The number of furan rings is 1. The van der Waals surface area contributed by atoms with E-state index >= 15 is 0 Å². The maximum Gasteiger partial charge on any atom is 0.375 e. The number of carbonyl (C=O) groups excluding carboxylic acids is 2. The highest BCUT2D eigenvalue weighted by Gasteiger charge is 2.22. The van der Waals surface area contributed by atoms with Crippen molar-refractivity contribution >= 4 is 28.5 Å². The van der Waals surface area contributed by atoms with Crippen LogP contribution in [0.5, 0.6) is 5.75 Å². The quantitative estimate of drug-likeness (QED) is 0.677. The second-order valence-corrected chi connectivity index (χ2v) is 5.61. The number of nitrogens with one attached hydrogen (secondary N) is 1. The topological polar surface area (TPSA) is 77.8 Å². The summed E-state index contributed by atoms with van der Waals surface area (Å²) in [7, 11) is 0. The number of amides is 1. The van der Waals surface area contributed by atoms with Crippen molar-refractivity contribution in [3.8, 4) is 5.75 Å². The molecule has 0 spiro atoms. The Labute approximate surface area is 150 Å². The molecule has 1 heterocycles. The first-order valence-electron chi connectivity index (χ1n) is 8.30. The number of rotatable bonds is 6. The van der Waals surface area contributed by atoms with Crippen LogP contribution in [0.1, 0.15) is 24.4 Å². The van der Waals surface area contributed by atoms with Gasteiger partial charge in [-0.25, -0.2) is 4.79 Å². The molecular formula is C20H19NO5. The lowest BCUT2D eigenvalue weighted by molar-refractivity contribution is -0.123. The summed E-state index contributed by atoms with van der Waals surface area (Å²) >= 11 is 0. The average Bonchev–Trinajstić information content (AvgIpc) is 3.08. The Kier molecular flexibility index (Phi) is 5.22. The third-order valence-electron chi connectivity index (χ3n) is 3.72. The van der Waals surface area contributed by atoms with Crippen molar-refractivity contribution in [1.29, 1.82) is 0 Å². The Hall–Kier alpha value is -3.28. The van der Waals surface area contributed by atoms with Gasteiger partial charge in [0, 0.05) is 5.39 Å². The first kappa shape index (κ1) is 17.5. The fourth-order valence-corrected chi connectivity index (χ4v) is 2.44. The summed E-state index contributed by atoms with van der Waals surface area (Å²) in [5.74, 6) is -0.539. The highest BCUT2D eigenvalue weighted by Crippen LogP contribution is 2.24. The van der Waals surface area contributed by atoms with Crippen LogP contribution in [0.4, 0.5) is 5.69 Å². The maximum absolute atomic E-state index is 12.3. The molecule has 3 aromatic rings. The molecule has 134 valence electrons. The molecule has 0 saturated carbocycles. The summed E-state index contributed by atoms with van der Waals surface area (Å²) in [5, 5.41) is 3.50. The van der Waals surface area contributed by atoms with E-state index in [1.54, 1.807) is 30.3 Å². The number of ether oxygens (including phenoxy) is 2. The van der Waals surface area contributed by atoms with Crippen LogP contribution in [0.3, 0.4) is 0 Å². The second kappa shape index (κ2) is 7.74. The molecule has 0 bridgehead atoms. The van der Waals surface area contributed by atoms with Crippen LogP contribution < -0.4 is 10.1 Å². The summed E-state index contributed by atoms with van der Waals surface area (Å²) in [5.41, 5.74) is 1.10. The lowest BCUT2D eigenvalue weighted by atomic mass is 10.2. The van der Waals surface area contributed by atoms with E-state index in [1.807, 2.05) is 31.2 Å². The molecule has 0 aliphatic rings. The molecule has 6 heteroatoms. The zero-order valence-corrected chi connectivity index (χ0v) is 14.5. The molecule has 1 N–H and O–H groups in total. The van der Waals surface area contributed by atoms with Crippen molar-refractivity contribution in [2.24, 2.45) is 0 Å². The minimum atomic E-state index is -0.995. The predicted octanol–water partition coefficient (Wildman–Crippen LogP) is 4.02. The molecule has 2 aromatic carbocycles. The second-order valence-electron chi connectivity index (χ2n) is 5.61. The fraction of sp³-hybridized carbons (Fsp3) is 0.200. The number of benzene rings is 2. The molecule has 0 aliphatic carbocycles. The van der Waals surface area contributed by atoms with E-state index in [9.17, 15) is 9.59 Å². The SMILES string of the molecule is CCOc1ccccc1NC(=O)C(C)OC(=O)c1cc2ccccc2o1. The molecule has 0 aliphatic heterocycles. The number of esters is 1. The monoisotopic (exact) mass is 353 g/mol. The molecule has 1 aromatic heterocycles. The molecule has 3 rings (SSSR count). The van der Waals surface area contributed by atoms with Crippen molar-refractivity contribution in [3.05, 3.63) is 60.4 Å². The summed E-state index contributed by atoms with van der Waals surface area (Å²) in [4.78, 5) is 24.6. The third-order valence-corrected chi connectivity index (χ3v) is 3.72. The fourth-order valence-electron chi connectivity index (χ4n) is 2.44. The van der Waals surface area contributed by atoms with Gasteiger partial charge in [0.05, 0.1) is 12.3 Å². The van der Waals surface area contributed by atoms with E-state index in [2.05, 4.69) is 5.32 Å². The largest absolute Gasteiger partial charge is 0.492 e. The Bertz CT molecular complexity index is 898. The van der Waals surface area contributed by atoms with E-state index in [0.717, 1.165) is 5.39 Å². The van der Waals surface area contributed by atoms with Crippen molar-refractivity contribution in [2.45, 2.75) is 20.0 Å². The average molecular weight is 353 g/mol. The minimum absolute atomic E-state index is 0.0561. The summed E-state index contributed by atoms with van der Waals surface area (Å²) in [6.45, 7) is 3.83. The molecule has 6 nitrogen and oxygen atoms in total. The van der Waals surface area contributed by atoms with Gasteiger partial charge in [0.2, 0.25) is 5.76 Å². The standard InChI is InChI=1S/C20H19NO5/c1-3-24-17-11-7-5-9-15(17)21-19(22)13(2)25-20(23)18-12-14-8-4-6-10-16(14)26-18/h4-13H,3H2,1-2H3,(H,21,22). The highest BCUT2D eigenvalue weighted by atomic mass is 16.6. The Morgan fingerprint density at radius 1 is 1.12 bits per heavy atom. The number of fused-ring (bicyclic) bond motifs is 1. The lowest BCUT2D eigenvalue weighted by Crippen LogP contribution is -2.30. The van der Waals surface area contributed by atoms with E-state index in [4.69, 9.17) is 13.9 Å². The number of anilines is 1. The van der Waals surface area contributed by atoms with Crippen LogP contribution in [0, 0.1) is 0 Å². The van der Waals surface area contributed by atoms with Gasteiger partial charge in [0.25, 0.3) is 5.91 Å². The van der Waals surface area contributed by atoms with Crippen LogP contribution in [-0.4, -0.2) is 24.6 Å². The predicted molar refractivity (Wildman–Crippen MR) is 97.3 cm³/mol. The highest BCUT2D eigenvalue weighted by molar-refractivity contribution is 5.98. The number of para-hydroxylation sites is 3. The molecular weight excluding hydrogens is 334 g/mol. The van der Waals surface area contributed by atoms with Crippen LogP contribution in [-0.2, 0) is 9.53 Å².